The van der Waals surface area contributed by atoms with E-state index in [1.165, 1.54) is 5.56 Å². The van der Waals surface area contributed by atoms with Crippen LogP contribution in [0.1, 0.15) is 19.4 Å². The number of rotatable bonds is 7. The van der Waals surface area contributed by atoms with Gasteiger partial charge in [0.25, 0.3) is 0 Å². The van der Waals surface area contributed by atoms with Crippen molar-refractivity contribution in [1.82, 2.24) is 10.6 Å². The molecule has 4 heteroatoms. The van der Waals surface area contributed by atoms with Gasteiger partial charge in [-0.3, -0.25) is 0 Å². The molecule has 0 fully saturated rings. The van der Waals surface area contributed by atoms with Crippen molar-refractivity contribution >= 4 is 15.9 Å². The maximum atomic E-state index is 5.32. The van der Waals surface area contributed by atoms with Crippen LogP contribution in [0, 0.1) is 0 Å². The van der Waals surface area contributed by atoms with Gasteiger partial charge in [-0.1, -0.05) is 29.8 Å². The van der Waals surface area contributed by atoms with Crippen LogP contribution in [0.5, 0.6) is 5.75 Å². The molecule has 3 nitrogen and oxygen atoms in total. The van der Waals surface area contributed by atoms with Gasteiger partial charge in [0.05, 0.1) is 7.11 Å². The minimum atomic E-state index is 0.539. The third-order valence-electron chi connectivity index (χ3n) is 2.41. The first-order valence-corrected chi connectivity index (χ1v) is 6.69. The first kappa shape index (κ1) is 14.5. The highest BCUT2D eigenvalue weighted by molar-refractivity contribution is 9.10. The predicted octanol–water partition coefficient (Wildman–Crippen LogP) is 2.55. The second-order valence-electron chi connectivity index (χ2n) is 4.24. The van der Waals surface area contributed by atoms with Gasteiger partial charge < -0.3 is 15.4 Å². The maximum absolute atomic E-state index is 5.32. The average Bonchev–Trinajstić information content (AvgIpc) is 2.28. The van der Waals surface area contributed by atoms with E-state index >= 15 is 0 Å². The smallest absolute Gasteiger partial charge is 0.123 e. The van der Waals surface area contributed by atoms with Gasteiger partial charge in [-0.25, -0.2) is 0 Å². The molecule has 0 unspecified atom stereocenters. The number of hydrogen-bond acceptors (Lipinski definition) is 3. The molecular weight excluding hydrogens is 280 g/mol. The summed E-state index contributed by atoms with van der Waals surface area (Å²) < 4.78 is 6.40. The van der Waals surface area contributed by atoms with Crippen LogP contribution in [-0.2, 0) is 6.54 Å². The first-order valence-electron chi connectivity index (χ1n) is 5.90. The van der Waals surface area contributed by atoms with Crippen LogP contribution in [0.4, 0.5) is 0 Å². The zero-order valence-electron chi connectivity index (χ0n) is 10.7. The summed E-state index contributed by atoms with van der Waals surface area (Å²) in [5.41, 5.74) is 1.17. The maximum Gasteiger partial charge on any atom is 0.123 e. The SMILES string of the molecule is COc1ccc(Br)cc1CNCCNC(C)C. The minimum Gasteiger partial charge on any atom is -0.496 e. The minimum absolute atomic E-state index is 0.539. The molecule has 0 heterocycles. The lowest BCUT2D eigenvalue weighted by atomic mass is 10.2. The number of benzene rings is 1. The van der Waals surface area contributed by atoms with E-state index in [1.807, 2.05) is 12.1 Å². The fourth-order valence-electron chi connectivity index (χ4n) is 1.56. The van der Waals surface area contributed by atoms with Crippen LogP contribution in [-0.4, -0.2) is 26.2 Å². The summed E-state index contributed by atoms with van der Waals surface area (Å²) in [7, 11) is 1.70. The largest absolute Gasteiger partial charge is 0.496 e. The van der Waals surface area contributed by atoms with Gasteiger partial charge in [0, 0.05) is 35.7 Å². The Morgan fingerprint density at radius 2 is 2.06 bits per heavy atom. The van der Waals surface area contributed by atoms with E-state index in [1.54, 1.807) is 7.11 Å². The van der Waals surface area contributed by atoms with E-state index in [2.05, 4.69) is 46.5 Å². The standard InChI is InChI=1S/C13H21BrN2O/c1-10(2)16-7-6-15-9-11-8-12(14)4-5-13(11)17-3/h4-5,8,10,15-16H,6-7,9H2,1-3H3. The van der Waals surface area contributed by atoms with Crippen molar-refractivity contribution < 1.29 is 4.74 Å². The zero-order valence-corrected chi connectivity index (χ0v) is 12.3. The molecule has 0 saturated heterocycles. The molecule has 0 aromatic heterocycles. The molecule has 17 heavy (non-hydrogen) atoms. The summed E-state index contributed by atoms with van der Waals surface area (Å²) in [5, 5.41) is 6.76. The van der Waals surface area contributed by atoms with Crippen molar-refractivity contribution in [2.45, 2.75) is 26.4 Å². The Labute approximate surface area is 112 Å². The predicted molar refractivity (Wildman–Crippen MR) is 75.5 cm³/mol. The molecule has 0 aliphatic heterocycles. The van der Waals surface area contributed by atoms with Crippen molar-refractivity contribution in [2.24, 2.45) is 0 Å². The molecule has 0 atom stereocenters. The third kappa shape index (κ3) is 5.52. The summed E-state index contributed by atoms with van der Waals surface area (Å²) in [6.45, 7) is 7.05. The highest BCUT2D eigenvalue weighted by Crippen LogP contribution is 2.22. The Kier molecular flexibility index (Phi) is 6.55. The summed E-state index contributed by atoms with van der Waals surface area (Å²) >= 11 is 3.47. The van der Waals surface area contributed by atoms with Crippen molar-refractivity contribution in [3.05, 3.63) is 28.2 Å². The van der Waals surface area contributed by atoms with Gasteiger partial charge in [0.2, 0.25) is 0 Å². The molecule has 0 aliphatic carbocycles. The lowest BCUT2D eigenvalue weighted by molar-refractivity contribution is 0.407. The molecule has 1 rings (SSSR count). The molecule has 0 aliphatic rings. The number of nitrogens with one attached hydrogen (secondary N) is 2. The van der Waals surface area contributed by atoms with Crippen molar-refractivity contribution in [2.75, 3.05) is 20.2 Å². The van der Waals surface area contributed by atoms with E-state index in [9.17, 15) is 0 Å². The fraction of sp³-hybridized carbons (Fsp3) is 0.538. The van der Waals surface area contributed by atoms with Gasteiger partial charge in [-0.2, -0.15) is 0 Å². The Hall–Kier alpha value is -0.580. The number of methoxy groups -OCH3 is 1. The van der Waals surface area contributed by atoms with Crippen LogP contribution in [0.2, 0.25) is 0 Å². The van der Waals surface area contributed by atoms with E-state index in [0.29, 0.717) is 6.04 Å². The number of hydrogen-bond donors (Lipinski definition) is 2. The summed E-state index contributed by atoms with van der Waals surface area (Å²) in [6, 6.07) is 6.59. The van der Waals surface area contributed by atoms with E-state index in [-0.39, 0.29) is 0 Å². The van der Waals surface area contributed by atoms with E-state index < -0.39 is 0 Å². The second kappa shape index (κ2) is 7.69. The Morgan fingerprint density at radius 1 is 1.29 bits per heavy atom. The van der Waals surface area contributed by atoms with E-state index in [0.717, 1.165) is 29.9 Å². The van der Waals surface area contributed by atoms with Crippen molar-refractivity contribution in [1.29, 1.82) is 0 Å². The van der Waals surface area contributed by atoms with Gasteiger partial charge in [0.1, 0.15) is 5.75 Å². The number of halogens is 1. The molecule has 96 valence electrons. The fourth-order valence-corrected chi connectivity index (χ4v) is 1.97. The van der Waals surface area contributed by atoms with Gasteiger partial charge in [-0.15, -0.1) is 0 Å². The van der Waals surface area contributed by atoms with Crippen molar-refractivity contribution in [3.63, 3.8) is 0 Å². The molecule has 0 saturated carbocycles. The Bertz CT molecular complexity index is 342. The first-order chi connectivity index (χ1) is 8.13. The molecule has 0 spiro atoms. The summed E-state index contributed by atoms with van der Waals surface area (Å²) in [5.74, 6) is 0.928. The third-order valence-corrected chi connectivity index (χ3v) is 2.91. The van der Waals surface area contributed by atoms with Crippen LogP contribution in [0.25, 0.3) is 0 Å². The monoisotopic (exact) mass is 300 g/mol. The molecule has 1 aromatic rings. The highest BCUT2D eigenvalue weighted by Gasteiger charge is 2.02. The van der Waals surface area contributed by atoms with Gasteiger partial charge >= 0.3 is 0 Å². The Morgan fingerprint density at radius 3 is 2.71 bits per heavy atom. The second-order valence-corrected chi connectivity index (χ2v) is 5.16. The molecule has 0 amide bonds. The van der Waals surface area contributed by atoms with Gasteiger partial charge in [0.15, 0.2) is 0 Å². The lowest BCUT2D eigenvalue weighted by Gasteiger charge is -2.11. The molecule has 1 aromatic carbocycles. The van der Waals surface area contributed by atoms with Crippen LogP contribution >= 0.6 is 15.9 Å². The van der Waals surface area contributed by atoms with Crippen molar-refractivity contribution in [3.8, 4) is 5.75 Å². The topological polar surface area (TPSA) is 33.3 Å². The highest BCUT2D eigenvalue weighted by atomic mass is 79.9. The van der Waals surface area contributed by atoms with Gasteiger partial charge in [-0.05, 0) is 18.2 Å². The molecule has 0 radical (unpaired) electrons. The molecule has 2 N–H and O–H groups in total. The quantitative estimate of drug-likeness (QED) is 0.759. The van der Waals surface area contributed by atoms with Crippen LogP contribution in [0.3, 0.4) is 0 Å². The number of ether oxygens (including phenoxy) is 1. The Balaban J connectivity index is 2.37. The van der Waals surface area contributed by atoms with Crippen LogP contribution < -0.4 is 15.4 Å². The summed E-state index contributed by atoms with van der Waals surface area (Å²) in [6.07, 6.45) is 0. The molecule has 0 bridgehead atoms. The average molecular weight is 301 g/mol. The zero-order chi connectivity index (χ0) is 12.7. The summed E-state index contributed by atoms with van der Waals surface area (Å²) in [4.78, 5) is 0. The normalized spacial score (nSPS) is 10.9. The van der Waals surface area contributed by atoms with Crippen LogP contribution in [0.15, 0.2) is 22.7 Å². The van der Waals surface area contributed by atoms with E-state index in [4.69, 9.17) is 4.74 Å². The lowest BCUT2D eigenvalue weighted by Crippen LogP contribution is -2.31. The molecular formula is C13H21BrN2O.